The van der Waals surface area contributed by atoms with Crippen molar-refractivity contribution in [2.24, 2.45) is 0 Å². The number of likely N-dealkylation sites (tertiary alicyclic amines) is 1. The highest BCUT2D eigenvalue weighted by atomic mass is 16.3. The van der Waals surface area contributed by atoms with Crippen LogP contribution in [0.3, 0.4) is 0 Å². The molecule has 4 nitrogen and oxygen atoms in total. The lowest BCUT2D eigenvalue weighted by atomic mass is 9.98. The van der Waals surface area contributed by atoms with E-state index in [2.05, 4.69) is 10.2 Å². The van der Waals surface area contributed by atoms with Gasteiger partial charge in [-0.25, -0.2) is 0 Å². The van der Waals surface area contributed by atoms with Crippen LogP contribution in [0.2, 0.25) is 0 Å². The van der Waals surface area contributed by atoms with Gasteiger partial charge >= 0.3 is 0 Å². The van der Waals surface area contributed by atoms with Gasteiger partial charge in [-0.3, -0.25) is 0 Å². The molecule has 1 aliphatic rings. The van der Waals surface area contributed by atoms with Crippen molar-refractivity contribution >= 4 is 0 Å². The molecule has 1 heterocycles. The number of nitrogens with one attached hydrogen (secondary N) is 1. The minimum Gasteiger partial charge on any atom is -0.394 e. The number of aliphatic hydroxyl groups is 2. The fourth-order valence-corrected chi connectivity index (χ4v) is 2.17. The maximum absolute atomic E-state index is 9.25. The summed E-state index contributed by atoms with van der Waals surface area (Å²) in [5.41, 5.74) is -0.481. The zero-order valence-electron chi connectivity index (χ0n) is 10.4. The molecule has 0 atom stereocenters. The molecule has 0 saturated carbocycles. The van der Waals surface area contributed by atoms with Crippen LogP contribution in [0.1, 0.15) is 32.6 Å². The Hall–Kier alpha value is -0.160. The zero-order chi connectivity index (χ0) is 11.9. The summed E-state index contributed by atoms with van der Waals surface area (Å²) in [5.74, 6) is 0. The van der Waals surface area contributed by atoms with Gasteiger partial charge in [-0.2, -0.15) is 0 Å². The third kappa shape index (κ3) is 4.01. The van der Waals surface area contributed by atoms with E-state index < -0.39 is 5.54 Å². The average Bonchev–Trinajstić information content (AvgIpc) is 2.83. The minimum atomic E-state index is -0.481. The van der Waals surface area contributed by atoms with Crippen molar-refractivity contribution < 1.29 is 10.2 Å². The molecule has 0 amide bonds. The predicted octanol–water partition coefficient (Wildman–Crippen LogP) is 0.195. The molecule has 0 aromatic heterocycles. The summed E-state index contributed by atoms with van der Waals surface area (Å²) in [4.78, 5) is 2.48. The van der Waals surface area contributed by atoms with Crippen LogP contribution in [-0.2, 0) is 0 Å². The van der Waals surface area contributed by atoms with Crippen molar-refractivity contribution in [1.29, 1.82) is 0 Å². The predicted molar refractivity (Wildman–Crippen MR) is 65.5 cm³/mol. The second-order valence-corrected chi connectivity index (χ2v) is 4.78. The number of hydrogen-bond donors (Lipinski definition) is 3. The van der Waals surface area contributed by atoms with Crippen LogP contribution in [0.4, 0.5) is 0 Å². The number of hydrogen-bond acceptors (Lipinski definition) is 4. The first-order chi connectivity index (χ1) is 7.76. The Morgan fingerprint density at radius 2 is 1.81 bits per heavy atom. The zero-order valence-corrected chi connectivity index (χ0v) is 10.4. The SMILES string of the molecule is CCC(CO)(CO)NCCCN1CCCC1. The number of nitrogens with zero attached hydrogens (tertiary/aromatic N) is 1. The lowest BCUT2D eigenvalue weighted by molar-refractivity contribution is 0.0870. The molecule has 1 fully saturated rings. The summed E-state index contributed by atoms with van der Waals surface area (Å²) < 4.78 is 0. The highest BCUT2D eigenvalue weighted by Gasteiger charge is 2.25. The highest BCUT2D eigenvalue weighted by molar-refractivity contribution is 4.85. The Labute approximate surface area is 98.6 Å². The second-order valence-electron chi connectivity index (χ2n) is 4.78. The molecule has 0 bridgehead atoms. The molecule has 0 spiro atoms. The van der Waals surface area contributed by atoms with Crippen LogP contribution in [-0.4, -0.2) is 60.0 Å². The van der Waals surface area contributed by atoms with Crippen LogP contribution < -0.4 is 5.32 Å². The van der Waals surface area contributed by atoms with Gasteiger partial charge in [0.15, 0.2) is 0 Å². The van der Waals surface area contributed by atoms with Gasteiger partial charge in [0.25, 0.3) is 0 Å². The van der Waals surface area contributed by atoms with Gasteiger partial charge in [0.1, 0.15) is 0 Å². The van der Waals surface area contributed by atoms with Crippen LogP contribution in [0, 0.1) is 0 Å². The standard InChI is InChI=1S/C12H26N2O2/c1-2-12(10-15,11-16)13-6-5-9-14-7-3-4-8-14/h13,15-16H,2-11H2,1H3. The van der Waals surface area contributed by atoms with Crippen LogP contribution in [0.25, 0.3) is 0 Å². The fourth-order valence-electron chi connectivity index (χ4n) is 2.17. The third-order valence-corrected chi connectivity index (χ3v) is 3.63. The lowest BCUT2D eigenvalue weighted by Gasteiger charge is -2.30. The van der Waals surface area contributed by atoms with Crippen molar-refractivity contribution in [3.8, 4) is 0 Å². The molecule has 16 heavy (non-hydrogen) atoms. The molecule has 1 aliphatic heterocycles. The molecule has 0 aromatic rings. The quantitative estimate of drug-likeness (QED) is 0.521. The molecule has 4 heteroatoms. The Balaban J connectivity index is 2.12. The van der Waals surface area contributed by atoms with E-state index in [1.165, 1.54) is 25.9 Å². The molecular formula is C12H26N2O2. The Morgan fingerprint density at radius 1 is 1.19 bits per heavy atom. The van der Waals surface area contributed by atoms with E-state index in [0.29, 0.717) is 0 Å². The van der Waals surface area contributed by atoms with E-state index >= 15 is 0 Å². The summed E-state index contributed by atoms with van der Waals surface area (Å²) in [6, 6.07) is 0. The Kier molecular flexibility index (Phi) is 6.28. The molecule has 0 unspecified atom stereocenters. The molecule has 0 aromatic carbocycles. The molecular weight excluding hydrogens is 204 g/mol. The van der Waals surface area contributed by atoms with Crippen LogP contribution in [0.15, 0.2) is 0 Å². The van der Waals surface area contributed by atoms with E-state index in [-0.39, 0.29) is 13.2 Å². The average molecular weight is 230 g/mol. The van der Waals surface area contributed by atoms with E-state index in [9.17, 15) is 10.2 Å². The van der Waals surface area contributed by atoms with E-state index in [1.54, 1.807) is 0 Å². The Morgan fingerprint density at radius 3 is 2.31 bits per heavy atom. The topological polar surface area (TPSA) is 55.7 Å². The van der Waals surface area contributed by atoms with Gasteiger partial charge in [0.05, 0.1) is 18.8 Å². The van der Waals surface area contributed by atoms with E-state index in [1.807, 2.05) is 6.92 Å². The van der Waals surface area contributed by atoms with Crippen LogP contribution >= 0.6 is 0 Å². The van der Waals surface area contributed by atoms with Crippen molar-refractivity contribution in [1.82, 2.24) is 10.2 Å². The van der Waals surface area contributed by atoms with Gasteiger partial charge in [-0.1, -0.05) is 6.92 Å². The minimum absolute atomic E-state index is 0.00368. The lowest BCUT2D eigenvalue weighted by Crippen LogP contribution is -2.51. The smallest absolute Gasteiger partial charge is 0.0645 e. The fraction of sp³-hybridized carbons (Fsp3) is 1.00. The van der Waals surface area contributed by atoms with Gasteiger partial charge in [0.2, 0.25) is 0 Å². The van der Waals surface area contributed by atoms with Gasteiger partial charge < -0.3 is 20.4 Å². The molecule has 0 radical (unpaired) electrons. The van der Waals surface area contributed by atoms with Crippen molar-refractivity contribution in [3.63, 3.8) is 0 Å². The number of rotatable bonds is 8. The first-order valence-corrected chi connectivity index (χ1v) is 6.45. The second kappa shape index (κ2) is 7.22. The molecule has 3 N–H and O–H groups in total. The summed E-state index contributed by atoms with van der Waals surface area (Å²) in [5, 5.41) is 21.8. The van der Waals surface area contributed by atoms with Crippen molar-refractivity contribution in [2.75, 3.05) is 39.4 Å². The van der Waals surface area contributed by atoms with Gasteiger partial charge in [-0.05, 0) is 51.9 Å². The third-order valence-electron chi connectivity index (χ3n) is 3.63. The molecule has 96 valence electrons. The molecule has 0 aliphatic carbocycles. The normalized spacial score (nSPS) is 18.2. The van der Waals surface area contributed by atoms with Crippen molar-refractivity contribution in [2.45, 2.75) is 38.1 Å². The van der Waals surface area contributed by atoms with E-state index in [0.717, 1.165) is 25.9 Å². The van der Waals surface area contributed by atoms with E-state index in [4.69, 9.17) is 0 Å². The van der Waals surface area contributed by atoms with Gasteiger partial charge in [0, 0.05) is 0 Å². The summed E-state index contributed by atoms with van der Waals surface area (Å²) >= 11 is 0. The van der Waals surface area contributed by atoms with Crippen LogP contribution in [0.5, 0.6) is 0 Å². The molecule has 1 rings (SSSR count). The summed E-state index contributed by atoms with van der Waals surface area (Å²) in [6.45, 7) is 6.46. The van der Waals surface area contributed by atoms with Crippen molar-refractivity contribution in [3.05, 3.63) is 0 Å². The number of aliphatic hydroxyl groups excluding tert-OH is 2. The monoisotopic (exact) mass is 230 g/mol. The molecule has 1 saturated heterocycles. The largest absolute Gasteiger partial charge is 0.394 e. The van der Waals surface area contributed by atoms with Gasteiger partial charge in [-0.15, -0.1) is 0 Å². The maximum Gasteiger partial charge on any atom is 0.0645 e. The Bertz CT molecular complexity index is 170. The summed E-state index contributed by atoms with van der Waals surface area (Å²) in [6.07, 6.45) is 4.50. The highest BCUT2D eigenvalue weighted by Crippen LogP contribution is 2.09. The first kappa shape index (κ1) is 13.9. The summed E-state index contributed by atoms with van der Waals surface area (Å²) in [7, 11) is 0. The first-order valence-electron chi connectivity index (χ1n) is 6.45. The maximum atomic E-state index is 9.25.